The molecule has 2 rings (SSSR count). The summed E-state index contributed by atoms with van der Waals surface area (Å²) in [6, 6.07) is 13.1. The normalized spacial score (nSPS) is 10.3. The molecule has 0 aliphatic rings. The molecule has 0 saturated carbocycles. The molecule has 0 radical (unpaired) electrons. The van der Waals surface area contributed by atoms with Crippen LogP contribution in [0.1, 0.15) is 11.1 Å². The van der Waals surface area contributed by atoms with Gasteiger partial charge >= 0.3 is 0 Å². The number of rotatable bonds is 4. The van der Waals surface area contributed by atoms with Crippen LogP contribution in [-0.4, -0.2) is 10.2 Å². The monoisotopic (exact) mass is 307 g/mol. The van der Waals surface area contributed by atoms with Crippen molar-refractivity contribution in [1.82, 2.24) is 0 Å². The highest BCUT2D eigenvalue weighted by molar-refractivity contribution is 9.10. The second kappa shape index (κ2) is 5.89. The number of nitrogens with one attached hydrogen (secondary N) is 1. The van der Waals surface area contributed by atoms with Crippen molar-refractivity contribution in [3.63, 3.8) is 0 Å². The molecule has 0 aliphatic carbocycles. The van der Waals surface area contributed by atoms with E-state index in [2.05, 4.69) is 21.2 Å². The fraction of sp³-hybridized carbons (Fsp3) is 0.143. The van der Waals surface area contributed by atoms with E-state index in [4.69, 9.17) is 5.11 Å². The molecule has 4 heteroatoms. The van der Waals surface area contributed by atoms with E-state index in [0.29, 0.717) is 11.0 Å². The second-order valence-electron chi connectivity index (χ2n) is 3.96. The number of phenolic OH excluding ortho intramolecular Hbond substituents is 1. The predicted molar refractivity (Wildman–Crippen MR) is 75.5 cm³/mol. The minimum atomic E-state index is 0.0483. The maximum absolute atomic E-state index is 9.84. The van der Waals surface area contributed by atoms with Crippen LogP contribution in [0.4, 0.5) is 5.69 Å². The first-order chi connectivity index (χ1) is 8.70. The summed E-state index contributed by atoms with van der Waals surface area (Å²) in [6.07, 6.45) is 0. The summed E-state index contributed by atoms with van der Waals surface area (Å²) in [6.45, 7) is 0.594. The number of hydrogen-bond acceptors (Lipinski definition) is 3. The Labute approximate surface area is 114 Å². The van der Waals surface area contributed by atoms with E-state index in [0.717, 1.165) is 16.8 Å². The number of aliphatic hydroxyl groups is 1. The van der Waals surface area contributed by atoms with Crippen LogP contribution in [-0.2, 0) is 13.2 Å². The van der Waals surface area contributed by atoms with Crippen LogP contribution in [0.2, 0.25) is 0 Å². The van der Waals surface area contributed by atoms with Crippen molar-refractivity contribution in [3.8, 4) is 5.75 Å². The SMILES string of the molecule is OCc1ccc(NCc2cccc(Br)c2O)cc1. The molecule has 0 spiro atoms. The fourth-order valence-electron chi connectivity index (χ4n) is 1.63. The highest BCUT2D eigenvalue weighted by atomic mass is 79.9. The van der Waals surface area contributed by atoms with Gasteiger partial charge in [0.1, 0.15) is 5.75 Å². The zero-order valence-electron chi connectivity index (χ0n) is 9.73. The topological polar surface area (TPSA) is 52.5 Å². The third-order valence-corrected chi connectivity index (χ3v) is 3.33. The summed E-state index contributed by atoms with van der Waals surface area (Å²) in [5, 5.41) is 22.0. The van der Waals surface area contributed by atoms with Gasteiger partial charge < -0.3 is 15.5 Å². The minimum Gasteiger partial charge on any atom is -0.506 e. The average molecular weight is 308 g/mol. The number of phenols is 1. The fourth-order valence-corrected chi connectivity index (χ4v) is 2.04. The lowest BCUT2D eigenvalue weighted by Crippen LogP contribution is -2.00. The smallest absolute Gasteiger partial charge is 0.134 e. The number of benzene rings is 2. The van der Waals surface area contributed by atoms with E-state index < -0.39 is 0 Å². The van der Waals surface area contributed by atoms with E-state index >= 15 is 0 Å². The number of halogens is 1. The molecule has 2 aromatic rings. The van der Waals surface area contributed by atoms with Gasteiger partial charge in [-0.05, 0) is 39.7 Å². The maximum atomic E-state index is 9.84. The highest BCUT2D eigenvalue weighted by Gasteiger charge is 2.04. The molecule has 0 fully saturated rings. The van der Waals surface area contributed by atoms with Crippen molar-refractivity contribution in [2.45, 2.75) is 13.2 Å². The van der Waals surface area contributed by atoms with E-state index in [1.165, 1.54) is 0 Å². The van der Waals surface area contributed by atoms with Crippen LogP contribution >= 0.6 is 15.9 Å². The Bertz CT molecular complexity index is 526. The Balaban J connectivity index is 2.04. The molecule has 0 unspecified atom stereocenters. The van der Waals surface area contributed by atoms with Crippen molar-refractivity contribution in [1.29, 1.82) is 0 Å². The van der Waals surface area contributed by atoms with Crippen molar-refractivity contribution >= 4 is 21.6 Å². The molecule has 3 nitrogen and oxygen atoms in total. The molecule has 0 atom stereocenters. The summed E-state index contributed by atoms with van der Waals surface area (Å²) in [5.74, 6) is 0.261. The van der Waals surface area contributed by atoms with Crippen molar-refractivity contribution < 1.29 is 10.2 Å². The summed E-state index contributed by atoms with van der Waals surface area (Å²) < 4.78 is 0.692. The maximum Gasteiger partial charge on any atom is 0.134 e. The zero-order valence-corrected chi connectivity index (χ0v) is 11.3. The van der Waals surface area contributed by atoms with Gasteiger partial charge in [0.25, 0.3) is 0 Å². The lowest BCUT2D eigenvalue weighted by Gasteiger charge is -2.09. The minimum absolute atomic E-state index is 0.0483. The molecular weight excluding hydrogens is 294 g/mol. The quantitative estimate of drug-likeness (QED) is 0.812. The number of hydrogen-bond donors (Lipinski definition) is 3. The number of para-hydroxylation sites is 1. The molecule has 0 amide bonds. The van der Waals surface area contributed by atoms with Crippen molar-refractivity contribution in [3.05, 3.63) is 58.1 Å². The van der Waals surface area contributed by atoms with Crippen LogP contribution in [0.3, 0.4) is 0 Å². The molecule has 0 saturated heterocycles. The summed E-state index contributed by atoms with van der Waals surface area (Å²) in [7, 11) is 0. The van der Waals surface area contributed by atoms with E-state index in [1.807, 2.05) is 36.4 Å². The third kappa shape index (κ3) is 3.03. The van der Waals surface area contributed by atoms with Crippen LogP contribution in [0.5, 0.6) is 5.75 Å². The summed E-state index contributed by atoms with van der Waals surface area (Å²) in [4.78, 5) is 0. The molecular formula is C14H14BrNO2. The summed E-state index contributed by atoms with van der Waals surface area (Å²) in [5.41, 5.74) is 2.66. The van der Waals surface area contributed by atoms with Gasteiger partial charge in [-0.25, -0.2) is 0 Å². The molecule has 94 valence electrons. The van der Waals surface area contributed by atoms with Gasteiger partial charge in [-0.15, -0.1) is 0 Å². The molecule has 2 aromatic carbocycles. The molecule has 0 heterocycles. The molecule has 0 bridgehead atoms. The lowest BCUT2D eigenvalue weighted by molar-refractivity contribution is 0.282. The van der Waals surface area contributed by atoms with Gasteiger partial charge in [-0.2, -0.15) is 0 Å². The van der Waals surface area contributed by atoms with Crippen LogP contribution < -0.4 is 5.32 Å². The van der Waals surface area contributed by atoms with E-state index in [-0.39, 0.29) is 12.4 Å². The van der Waals surface area contributed by atoms with E-state index in [1.54, 1.807) is 6.07 Å². The standard InChI is InChI=1S/C14H14BrNO2/c15-13-3-1-2-11(14(13)18)8-16-12-6-4-10(9-17)5-7-12/h1-7,16-18H,8-9H2. The molecule has 0 aliphatic heterocycles. The van der Waals surface area contributed by atoms with Gasteiger partial charge in [-0.3, -0.25) is 0 Å². The van der Waals surface area contributed by atoms with Gasteiger partial charge in [-0.1, -0.05) is 24.3 Å². The molecule has 3 N–H and O–H groups in total. The average Bonchev–Trinajstić information content (AvgIpc) is 2.41. The zero-order chi connectivity index (χ0) is 13.0. The van der Waals surface area contributed by atoms with Crippen LogP contribution in [0, 0.1) is 0 Å². The van der Waals surface area contributed by atoms with Crippen molar-refractivity contribution in [2.75, 3.05) is 5.32 Å². The van der Waals surface area contributed by atoms with Gasteiger partial charge in [0, 0.05) is 17.8 Å². The number of anilines is 1. The predicted octanol–water partition coefficient (Wildman–Crippen LogP) is 3.26. The lowest BCUT2D eigenvalue weighted by atomic mass is 10.2. The molecule has 0 aromatic heterocycles. The number of aromatic hydroxyl groups is 1. The van der Waals surface area contributed by atoms with Gasteiger partial charge in [0.15, 0.2) is 0 Å². The largest absolute Gasteiger partial charge is 0.506 e. The Morgan fingerprint density at radius 2 is 1.78 bits per heavy atom. The Kier molecular flexibility index (Phi) is 4.23. The summed E-state index contributed by atoms with van der Waals surface area (Å²) >= 11 is 3.29. The molecule has 18 heavy (non-hydrogen) atoms. The first kappa shape index (κ1) is 12.9. The highest BCUT2D eigenvalue weighted by Crippen LogP contribution is 2.27. The van der Waals surface area contributed by atoms with Crippen LogP contribution in [0.15, 0.2) is 46.9 Å². The third-order valence-electron chi connectivity index (χ3n) is 2.69. The number of aliphatic hydroxyl groups excluding tert-OH is 1. The van der Waals surface area contributed by atoms with Crippen LogP contribution in [0.25, 0.3) is 0 Å². The first-order valence-corrected chi connectivity index (χ1v) is 6.40. The Hall–Kier alpha value is -1.52. The van der Waals surface area contributed by atoms with E-state index in [9.17, 15) is 5.11 Å². The van der Waals surface area contributed by atoms with Crippen molar-refractivity contribution in [2.24, 2.45) is 0 Å². The second-order valence-corrected chi connectivity index (χ2v) is 4.81. The van der Waals surface area contributed by atoms with Gasteiger partial charge in [0.2, 0.25) is 0 Å². The Morgan fingerprint density at radius 1 is 1.06 bits per heavy atom. The van der Waals surface area contributed by atoms with Gasteiger partial charge in [0.05, 0.1) is 11.1 Å². The Morgan fingerprint density at radius 3 is 2.44 bits per heavy atom. The first-order valence-electron chi connectivity index (χ1n) is 5.60.